The fourth-order valence-corrected chi connectivity index (χ4v) is 7.05. The van der Waals surface area contributed by atoms with Gasteiger partial charge in [-0.15, -0.1) is 0 Å². The first-order chi connectivity index (χ1) is 24.8. The molecule has 3 aromatic rings. The van der Waals surface area contributed by atoms with Crippen molar-refractivity contribution in [3.8, 4) is 11.5 Å². The van der Waals surface area contributed by atoms with Gasteiger partial charge in [-0.25, -0.2) is 9.80 Å². The molecule has 2 unspecified atom stereocenters. The van der Waals surface area contributed by atoms with E-state index in [9.17, 15) is 19.2 Å². The molecule has 262 valence electrons. The van der Waals surface area contributed by atoms with Crippen LogP contribution in [-0.4, -0.2) is 23.6 Å². The second-order valence-corrected chi connectivity index (χ2v) is 14.8. The van der Waals surface area contributed by atoms with E-state index in [1.54, 1.807) is 48.5 Å². The van der Waals surface area contributed by atoms with Crippen molar-refractivity contribution in [1.82, 2.24) is 0 Å². The molecule has 0 bridgehead atoms. The van der Waals surface area contributed by atoms with Crippen molar-refractivity contribution in [2.75, 3.05) is 9.80 Å². The molecular formula is C44H40N2O6. The molecule has 2 heterocycles. The number of anilines is 2. The van der Waals surface area contributed by atoms with Gasteiger partial charge in [0.15, 0.2) is 0 Å². The van der Waals surface area contributed by atoms with Gasteiger partial charge in [-0.3, -0.25) is 19.2 Å². The highest BCUT2D eigenvalue weighted by molar-refractivity contribution is 6.28. The van der Waals surface area contributed by atoms with Gasteiger partial charge in [0.25, 0.3) is 23.6 Å². The Morgan fingerprint density at radius 2 is 0.885 bits per heavy atom. The second kappa shape index (κ2) is 13.6. The molecule has 2 aliphatic carbocycles. The molecule has 0 saturated carbocycles. The number of amides is 4. The van der Waals surface area contributed by atoms with Crippen LogP contribution in [0.25, 0.3) is 0 Å². The number of allylic oxidation sites excluding steroid dienone is 6. The molecule has 7 rings (SSSR count). The summed E-state index contributed by atoms with van der Waals surface area (Å²) in [6, 6.07) is 22.8. The number of carbonyl (C=O) groups is 4. The third kappa shape index (κ3) is 7.23. The molecule has 0 spiro atoms. The van der Waals surface area contributed by atoms with Crippen molar-refractivity contribution in [1.29, 1.82) is 0 Å². The number of benzene rings is 3. The van der Waals surface area contributed by atoms with E-state index < -0.39 is 0 Å². The molecule has 8 heteroatoms. The summed E-state index contributed by atoms with van der Waals surface area (Å²) in [7, 11) is 0. The fourth-order valence-electron chi connectivity index (χ4n) is 7.05. The first-order valence-electron chi connectivity index (χ1n) is 17.4. The van der Waals surface area contributed by atoms with Gasteiger partial charge in [-0.2, -0.15) is 0 Å². The van der Waals surface area contributed by atoms with Crippen LogP contribution < -0.4 is 19.3 Å². The molecule has 52 heavy (non-hydrogen) atoms. The highest BCUT2D eigenvalue weighted by atomic mass is 16.5. The number of carbonyl (C=O) groups excluding carboxylic acids is 4. The lowest BCUT2D eigenvalue weighted by molar-refractivity contribution is -0.121. The van der Waals surface area contributed by atoms with Crippen molar-refractivity contribution >= 4 is 35.0 Å². The Kier molecular flexibility index (Phi) is 9.01. The topological polar surface area (TPSA) is 93.2 Å². The van der Waals surface area contributed by atoms with Gasteiger partial charge in [-0.05, 0) is 119 Å². The van der Waals surface area contributed by atoms with E-state index in [1.165, 1.54) is 35.4 Å². The molecule has 0 fully saturated rings. The number of ether oxygens (including phenoxy) is 2. The Labute approximate surface area is 303 Å². The summed E-state index contributed by atoms with van der Waals surface area (Å²) in [5.41, 5.74) is 3.27. The molecule has 0 N–H and O–H groups in total. The lowest BCUT2D eigenvalue weighted by Gasteiger charge is -2.34. The maximum Gasteiger partial charge on any atom is 0.258 e. The van der Waals surface area contributed by atoms with Crippen LogP contribution in [0.3, 0.4) is 0 Å². The van der Waals surface area contributed by atoms with Gasteiger partial charge >= 0.3 is 0 Å². The van der Waals surface area contributed by atoms with E-state index in [0.29, 0.717) is 22.9 Å². The smallest absolute Gasteiger partial charge is 0.258 e. The monoisotopic (exact) mass is 692 g/mol. The molecule has 8 nitrogen and oxygen atoms in total. The fraction of sp³-hybridized carbons (Fsp3) is 0.227. The minimum absolute atomic E-state index is 0.157. The van der Waals surface area contributed by atoms with Gasteiger partial charge in [0, 0.05) is 24.3 Å². The minimum Gasteiger partial charge on any atom is -0.458 e. The van der Waals surface area contributed by atoms with Gasteiger partial charge < -0.3 is 9.47 Å². The lowest BCUT2D eigenvalue weighted by atomic mass is 9.72. The van der Waals surface area contributed by atoms with Crippen LogP contribution in [0.5, 0.6) is 11.5 Å². The summed E-state index contributed by atoms with van der Waals surface area (Å²) in [6.07, 6.45) is 19.7. The predicted molar refractivity (Wildman–Crippen MR) is 200 cm³/mol. The first kappa shape index (κ1) is 34.4. The lowest BCUT2D eigenvalue weighted by Crippen LogP contribution is -2.29. The number of nitrogens with zero attached hydrogens (tertiary/aromatic N) is 2. The molecule has 4 aliphatic rings. The normalized spacial score (nSPS) is 21.5. The van der Waals surface area contributed by atoms with Crippen LogP contribution >= 0.6 is 0 Å². The molecule has 2 aliphatic heterocycles. The van der Waals surface area contributed by atoms with Gasteiger partial charge in [0.1, 0.15) is 23.0 Å². The first-order valence-corrected chi connectivity index (χ1v) is 17.4. The van der Waals surface area contributed by atoms with Crippen molar-refractivity contribution in [3.63, 3.8) is 0 Å². The maximum absolute atomic E-state index is 12.0. The van der Waals surface area contributed by atoms with Crippen molar-refractivity contribution in [2.45, 2.75) is 40.5 Å². The Morgan fingerprint density at radius 3 is 1.23 bits per heavy atom. The molecule has 0 aromatic heterocycles. The summed E-state index contributed by atoms with van der Waals surface area (Å²) >= 11 is 0. The quantitative estimate of drug-likeness (QED) is 0.200. The molecular weight excluding hydrogens is 652 g/mol. The SMILES string of the molecule is CC1(C)C=C(Oc2ccc(N3C(=O)C=CC3=O)cc2)C=CC1Cc1cccc(CC2C=CC(Oc3ccc(N4C(=O)C=CC4=O)cc3)=CC2(C)C)c1. The third-order valence-electron chi connectivity index (χ3n) is 10.1. The zero-order valence-corrected chi connectivity index (χ0v) is 29.6. The zero-order chi connectivity index (χ0) is 36.6. The Hall–Kier alpha value is -6.02. The number of rotatable bonds is 10. The van der Waals surface area contributed by atoms with Crippen molar-refractivity contribution in [2.24, 2.45) is 22.7 Å². The summed E-state index contributed by atoms with van der Waals surface area (Å²) in [5.74, 6) is 1.92. The summed E-state index contributed by atoms with van der Waals surface area (Å²) < 4.78 is 12.4. The van der Waals surface area contributed by atoms with Crippen LogP contribution in [0.2, 0.25) is 0 Å². The Morgan fingerprint density at radius 1 is 0.519 bits per heavy atom. The second-order valence-electron chi connectivity index (χ2n) is 14.8. The minimum atomic E-state index is -0.348. The highest BCUT2D eigenvalue weighted by Crippen LogP contribution is 2.40. The van der Waals surface area contributed by atoms with Crippen molar-refractivity contribution in [3.05, 3.63) is 156 Å². The van der Waals surface area contributed by atoms with E-state index in [2.05, 4.69) is 76.3 Å². The standard InChI is InChI=1S/C44H40N2O6/c1-43(2)27-37(51-35-16-10-33(11-17-35)45-39(47)20-21-40(45)48)14-8-31(43)25-29-6-5-7-30(24-29)26-32-9-15-38(28-44(32,3)4)52-36-18-12-34(13-19-36)46-41(49)22-23-42(46)50/h5-24,27-28,31-32H,25-26H2,1-4H3. The number of hydrogen-bond donors (Lipinski definition) is 0. The van der Waals surface area contributed by atoms with E-state index in [1.807, 2.05) is 12.2 Å². The van der Waals surface area contributed by atoms with Crippen LogP contribution in [0.15, 0.2) is 145 Å². The molecule has 3 aromatic carbocycles. The molecule has 0 saturated heterocycles. The van der Waals surface area contributed by atoms with Gasteiger partial charge in [0.05, 0.1) is 11.4 Å². The molecule has 4 amide bonds. The average Bonchev–Trinajstić information content (AvgIpc) is 3.62. The van der Waals surface area contributed by atoms with Gasteiger partial charge in [0.2, 0.25) is 0 Å². The number of imide groups is 2. The van der Waals surface area contributed by atoms with Gasteiger partial charge in [-0.1, -0.05) is 64.1 Å². The van der Waals surface area contributed by atoms with Crippen LogP contribution in [0, 0.1) is 22.7 Å². The molecule has 2 atom stereocenters. The summed E-state index contributed by atoms with van der Waals surface area (Å²) in [5, 5.41) is 0. The summed E-state index contributed by atoms with van der Waals surface area (Å²) in [4.78, 5) is 50.3. The van der Waals surface area contributed by atoms with Crippen molar-refractivity contribution < 1.29 is 28.7 Å². The summed E-state index contributed by atoms with van der Waals surface area (Å²) in [6.45, 7) is 8.88. The predicted octanol–water partition coefficient (Wildman–Crippen LogP) is 7.98. The van der Waals surface area contributed by atoms with E-state index in [0.717, 1.165) is 34.2 Å². The Bertz CT molecular complexity index is 1940. The van der Waals surface area contributed by atoms with E-state index in [-0.39, 0.29) is 46.3 Å². The zero-order valence-electron chi connectivity index (χ0n) is 29.6. The third-order valence-corrected chi connectivity index (χ3v) is 10.1. The van der Waals surface area contributed by atoms with E-state index >= 15 is 0 Å². The maximum atomic E-state index is 12.0. The van der Waals surface area contributed by atoms with E-state index in [4.69, 9.17) is 9.47 Å². The molecule has 0 radical (unpaired) electrons. The van der Waals surface area contributed by atoms with Crippen LogP contribution in [0.1, 0.15) is 38.8 Å². The Balaban J connectivity index is 0.947. The van der Waals surface area contributed by atoms with Crippen LogP contribution in [0.4, 0.5) is 11.4 Å². The highest BCUT2D eigenvalue weighted by Gasteiger charge is 2.32. The average molecular weight is 693 g/mol. The number of hydrogen-bond acceptors (Lipinski definition) is 6. The largest absolute Gasteiger partial charge is 0.458 e. The van der Waals surface area contributed by atoms with Crippen LogP contribution in [-0.2, 0) is 32.0 Å².